The summed E-state index contributed by atoms with van der Waals surface area (Å²) in [5.41, 5.74) is 0. The molecule has 17 heavy (non-hydrogen) atoms. The molecule has 0 amide bonds. The summed E-state index contributed by atoms with van der Waals surface area (Å²) in [5, 5.41) is 3.38. The first kappa shape index (κ1) is 16.9. The van der Waals surface area contributed by atoms with Crippen LogP contribution < -0.4 is 5.32 Å². The van der Waals surface area contributed by atoms with Gasteiger partial charge >= 0.3 is 0 Å². The maximum absolute atomic E-state index is 3.38. The maximum atomic E-state index is 3.38. The number of nitrogens with one attached hydrogen (secondary N) is 1. The Hall–Kier alpha value is -0.0800. The number of hydrogen-bond acceptors (Lipinski definition) is 2. The van der Waals surface area contributed by atoms with Crippen molar-refractivity contribution in [1.82, 2.24) is 10.2 Å². The summed E-state index contributed by atoms with van der Waals surface area (Å²) in [5.74, 6) is 0.851. The minimum Gasteiger partial charge on any atom is -0.317 e. The van der Waals surface area contributed by atoms with E-state index in [2.05, 4.69) is 37.9 Å². The molecule has 0 bridgehead atoms. The third kappa shape index (κ3) is 10.8. The molecule has 0 aliphatic rings. The summed E-state index contributed by atoms with van der Waals surface area (Å²) in [7, 11) is 0. The number of rotatable bonds is 12. The van der Waals surface area contributed by atoms with Crippen LogP contribution >= 0.6 is 0 Å². The third-order valence-corrected chi connectivity index (χ3v) is 3.54. The summed E-state index contributed by atoms with van der Waals surface area (Å²) in [6, 6.07) is 0. The second kappa shape index (κ2) is 12.4. The zero-order chi connectivity index (χ0) is 12.9. The van der Waals surface area contributed by atoms with E-state index < -0.39 is 0 Å². The van der Waals surface area contributed by atoms with E-state index >= 15 is 0 Å². The van der Waals surface area contributed by atoms with E-state index in [0.717, 1.165) is 12.5 Å². The van der Waals surface area contributed by atoms with Crippen LogP contribution in [0.5, 0.6) is 0 Å². The SMILES string of the molecule is CCNCCCCCCN(CC)CC(C)CC. The fourth-order valence-electron chi connectivity index (χ4n) is 2.06. The first-order chi connectivity index (χ1) is 8.24. The zero-order valence-corrected chi connectivity index (χ0v) is 12.6. The van der Waals surface area contributed by atoms with E-state index in [1.807, 2.05) is 0 Å². The van der Waals surface area contributed by atoms with Gasteiger partial charge in [0.2, 0.25) is 0 Å². The van der Waals surface area contributed by atoms with Crippen molar-refractivity contribution in [2.45, 2.75) is 59.8 Å². The summed E-state index contributed by atoms with van der Waals surface area (Å²) in [6.07, 6.45) is 6.79. The Bertz CT molecular complexity index is 148. The summed E-state index contributed by atoms with van der Waals surface area (Å²) in [4.78, 5) is 2.61. The molecule has 0 rings (SSSR count). The monoisotopic (exact) mass is 242 g/mol. The van der Waals surface area contributed by atoms with E-state index in [1.165, 1.54) is 58.3 Å². The van der Waals surface area contributed by atoms with Crippen molar-refractivity contribution in [3.8, 4) is 0 Å². The van der Waals surface area contributed by atoms with Crippen molar-refractivity contribution < 1.29 is 0 Å². The third-order valence-electron chi connectivity index (χ3n) is 3.54. The second-order valence-electron chi connectivity index (χ2n) is 5.17. The van der Waals surface area contributed by atoms with Gasteiger partial charge < -0.3 is 10.2 Å². The molecular weight excluding hydrogens is 208 g/mol. The lowest BCUT2D eigenvalue weighted by Crippen LogP contribution is -2.29. The fourth-order valence-corrected chi connectivity index (χ4v) is 2.06. The highest BCUT2D eigenvalue weighted by Gasteiger charge is 2.06. The highest BCUT2D eigenvalue weighted by molar-refractivity contribution is 4.60. The lowest BCUT2D eigenvalue weighted by Gasteiger charge is -2.23. The molecule has 0 saturated heterocycles. The van der Waals surface area contributed by atoms with E-state index in [9.17, 15) is 0 Å². The van der Waals surface area contributed by atoms with Crippen LogP contribution in [0.3, 0.4) is 0 Å². The van der Waals surface area contributed by atoms with Crippen LogP contribution in [0.15, 0.2) is 0 Å². The average Bonchev–Trinajstić information content (AvgIpc) is 2.35. The zero-order valence-electron chi connectivity index (χ0n) is 12.6. The maximum Gasteiger partial charge on any atom is 0.000680 e. The largest absolute Gasteiger partial charge is 0.317 e. The predicted molar refractivity (Wildman–Crippen MR) is 78.6 cm³/mol. The van der Waals surface area contributed by atoms with Gasteiger partial charge in [-0.3, -0.25) is 0 Å². The molecule has 0 saturated carbocycles. The number of unbranched alkanes of at least 4 members (excludes halogenated alkanes) is 3. The molecule has 2 nitrogen and oxygen atoms in total. The van der Waals surface area contributed by atoms with Gasteiger partial charge in [0.15, 0.2) is 0 Å². The molecular formula is C15H34N2. The average molecular weight is 242 g/mol. The van der Waals surface area contributed by atoms with Crippen molar-refractivity contribution in [2.75, 3.05) is 32.7 Å². The minimum absolute atomic E-state index is 0.851. The molecule has 0 aromatic rings. The smallest absolute Gasteiger partial charge is 0.000680 e. The van der Waals surface area contributed by atoms with Crippen LogP contribution in [0.2, 0.25) is 0 Å². The van der Waals surface area contributed by atoms with Gasteiger partial charge in [0.05, 0.1) is 0 Å². The molecule has 0 aromatic carbocycles. The number of hydrogen-bond donors (Lipinski definition) is 1. The van der Waals surface area contributed by atoms with Crippen molar-refractivity contribution >= 4 is 0 Å². The Morgan fingerprint density at radius 2 is 1.71 bits per heavy atom. The van der Waals surface area contributed by atoms with Gasteiger partial charge in [-0.05, 0) is 44.9 Å². The summed E-state index contributed by atoms with van der Waals surface area (Å²) < 4.78 is 0. The Morgan fingerprint density at radius 1 is 1.00 bits per heavy atom. The van der Waals surface area contributed by atoms with E-state index in [0.29, 0.717) is 0 Å². The van der Waals surface area contributed by atoms with Gasteiger partial charge in [-0.15, -0.1) is 0 Å². The standard InChI is InChI=1S/C15H34N2/c1-5-15(4)14-17(7-3)13-11-9-8-10-12-16-6-2/h15-16H,5-14H2,1-4H3. The second-order valence-corrected chi connectivity index (χ2v) is 5.17. The summed E-state index contributed by atoms with van der Waals surface area (Å²) in [6.45, 7) is 15.2. The van der Waals surface area contributed by atoms with Crippen molar-refractivity contribution in [1.29, 1.82) is 0 Å². The molecule has 104 valence electrons. The molecule has 0 heterocycles. The van der Waals surface area contributed by atoms with E-state index in [1.54, 1.807) is 0 Å². The Labute approximate surface area is 109 Å². The normalized spacial score (nSPS) is 13.2. The van der Waals surface area contributed by atoms with E-state index in [4.69, 9.17) is 0 Å². The molecule has 0 aromatic heterocycles. The molecule has 1 atom stereocenters. The van der Waals surface area contributed by atoms with Crippen LogP contribution in [-0.2, 0) is 0 Å². The number of nitrogens with zero attached hydrogens (tertiary/aromatic N) is 1. The molecule has 0 fully saturated rings. The predicted octanol–water partition coefficient (Wildman–Crippen LogP) is 3.52. The van der Waals surface area contributed by atoms with Gasteiger partial charge in [0.25, 0.3) is 0 Å². The quantitative estimate of drug-likeness (QED) is 0.527. The van der Waals surface area contributed by atoms with Crippen molar-refractivity contribution in [3.63, 3.8) is 0 Å². The van der Waals surface area contributed by atoms with Crippen LogP contribution in [0.4, 0.5) is 0 Å². The molecule has 1 N–H and O–H groups in total. The Balaban J connectivity index is 3.37. The van der Waals surface area contributed by atoms with Crippen LogP contribution in [0.1, 0.15) is 59.8 Å². The lowest BCUT2D eigenvalue weighted by molar-refractivity contribution is 0.240. The van der Waals surface area contributed by atoms with Crippen LogP contribution in [0, 0.1) is 5.92 Å². The molecule has 0 spiro atoms. The van der Waals surface area contributed by atoms with Crippen LogP contribution in [0.25, 0.3) is 0 Å². The molecule has 1 unspecified atom stereocenters. The fraction of sp³-hybridized carbons (Fsp3) is 1.00. The highest BCUT2D eigenvalue weighted by Crippen LogP contribution is 2.06. The first-order valence-corrected chi connectivity index (χ1v) is 7.67. The summed E-state index contributed by atoms with van der Waals surface area (Å²) >= 11 is 0. The van der Waals surface area contributed by atoms with Gasteiger partial charge in [0.1, 0.15) is 0 Å². The van der Waals surface area contributed by atoms with E-state index in [-0.39, 0.29) is 0 Å². The first-order valence-electron chi connectivity index (χ1n) is 7.67. The van der Waals surface area contributed by atoms with Gasteiger partial charge in [-0.2, -0.15) is 0 Å². The van der Waals surface area contributed by atoms with Gasteiger partial charge in [-0.25, -0.2) is 0 Å². The van der Waals surface area contributed by atoms with Crippen molar-refractivity contribution in [3.05, 3.63) is 0 Å². The molecule has 0 aliphatic carbocycles. The highest BCUT2D eigenvalue weighted by atomic mass is 15.1. The topological polar surface area (TPSA) is 15.3 Å². The lowest BCUT2D eigenvalue weighted by atomic mass is 10.1. The Morgan fingerprint density at radius 3 is 2.29 bits per heavy atom. The van der Waals surface area contributed by atoms with Crippen molar-refractivity contribution in [2.24, 2.45) is 5.92 Å². The molecule has 2 heteroatoms. The van der Waals surface area contributed by atoms with Gasteiger partial charge in [-0.1, -0.05) is 47.0 Å². The molecule has 0 aliphatic heterocycles. The minimum atomic E-state index is 0.851. The molecule has 0 radical (unpaired) electrons. The van der Waals surface area contributed by atoms with Gasteiger partial charge in [0, 0.05) is 6.54 Å². The van der Waals surface area contributed by atoms with Crippen LogP contribution in [-0.4, -0.2) is 37.6 Å². The Kier molecular flexibility index (Phi) is 12.3.